The van der Waals surface area contributed by atoms with Gasteiger partial charge in [-0.05, 0) is 25.3 Å². The molecule has 1 aromatic rings. The van der Waals surface area contributed by atoms with Crippen LogP contribution in [0.5, 0.6) is 5.88 Å². The fourth-order valence-corrected chi connectivity index (χ4v) is 1.88. The Balaban J connectivity index is 2.26. The number of ether oxygens (including phenoxy) is 1. The van der Waals surface area contributed by atoms with Crippen LogP contribution in [0.2, 0.25) is 0 Å². The summed E-state index contributed by atoms with van der Waals surface area (Å²) >= 11 is 0. The van der Waals surface area contributed by atoms with E-state index < -0.39 is 0 Å². The van der Waals surface area contributed by atoms with Crippen molar-refractivity contribution in [3.63, 3.8) is 0 Å². The smallest absolute Gasteiger partial charge is 0.213 e. The number of rotatable bonds is 8. The molecule has 0 saturated heterocycles. The van der Waals surface area contributed by atoms with E-state index in [-0.39, 0.29) is 0 Å². The van der Waals surface area contributed by atoms with Crippen LogP contribution in [0.1, 0.15) is 45.7 Å². The second kappa shape index (κ2) is 8.09. The Morgan fingerprint density at radius 3 is 2.67 bits per heavy atom. The van der Waals surface area contributed by atoms with E-state index >= 15 is 0 Å². The summed E-state index contributed by atoms with van der Waals surface area (Å²) in [5.41, 5.74) is 1.03. The molecule has 1 rings (SSSR count). The van der Waals surface area contributed by atoms with Crippen LogP contribution in [0.4, 0.5) is 0 Å². The van der Waals surface area contributed by atoms with Gasteiger partial charge in [0.05, 0.1) is 12.8 Å². The lowest BCUT2D eigenvalue weighted by Gasteiger charge is -2.14. The third-order valence-electron chi connectivity index (χ3n) is 3.04. The van der Waals surface area contributed by atoms with Gasteiger partial charge in [-0.3, -0.25) is 0 Å². The molecule has 102 valence electrons. The van der Waals surface area contributed by atoms with Crippen LogP contribution in [-0.4, -0.2) is 18.1 Å². The third-order valence-corrected chi connectivity index (χ3v) is 3.04. The first-order valence-electron chi connectivity index (χ1n) is 6.85. The van der Waals surface area contributed by atoms with Gasteiger partial charge in [0, 0.05) is 18.7 Å². The van der Waals surface area contributed by atoms with E-state index in [0.717, 1.165) is 18.2 Å². The van der Waals surface area contributed by atoms with Crippen molar-refractivity contribution >= 4 is 0 Å². The summed E-state index contributed by atoms with van der Waals surface area (Å²) in [6.45, 7) is 7.59. The monoisotopic (exact) mass is 250 g/mol. The van der Waals surface area contributed by atoms with Crippen LogP contribution < -0.4 is 10.1 Å². The molecule has 1 heterocycles. The lowest BCUT2D eigenvalue weighted by Crippen LogP contribution is -2.25. The van der Waals surface area contributed by atoms with Gasteiger partial charge >= 0.3 is 0 Å². The molecule has 0 fully saturated rings. The number of pyridine rings is 1. The normalized spacial score (nSPS) is 12.7. The molecule has 1 atom stereocenters. The van der Waals surface area contributed by atoms with Crippen LogP contribution in [0, 0.1) is 5.92 Å². The van der Waals surface area contributed by atoms with Gasteiger partial charge in [0.15, 0.2) is 0 Å². The molecule has 0 saturated carbocycles. The van der Waals surface area contributed by atoms with Gasteiger partial charge in [-0.15, -0.1) is 0 Å². The second-order valence-electron chi connectivity index (χ2n) is 5.28. The fourth-order valence-electron chi connectivity index (χ4n) is 1.88. The zero-order valence-electron chi connectivity index (χ0n) is 12.1. The van der Waals surface area contributed by atoms with Crippen molar-refractivity contribution in [2.24, 2.45) is 5.92 Å². The van der Waals surface area contributed by atoms with E-state index in [9.17, 15) is 0 Å². The molecule has 0 radical (unpaired) electrons. The molecule has 1 aromatic heterocycles. The fraction of sp³-hybridized carbons (Fsp3) is 0.667. The zero-order valence-corrected chi connectivity index (χ0v) is 12.1. The van der Waals surface area contributed by atoms with Crippen molar-refractivity contribution in [1.29, 1.82) is 0 Å². The Morgan fingerprint density at radius 2 is 2.00 bits per heavy atom. The molecular formula is C15H26N2O. The van der Waals surface area contributed by atoms with Crippen LogP contribution in [-0.2, 0) is 6.54 Å². The largest absolute Gasteiger partial charge is 0.481 e. The zero-order chi connectivity index (χ0) is 13.4. The summed E-state index contributed by atoms with van der Waals surface area (Å²) < 4.78 is 5.11. The molecule has 0 bridgehead atoms. The van der Waals surface area contributed by atoms with Gasteiger partial charge in [0.25, 0.3) is 0 Å². The number of nitrogens with one attached hydrogen (secondary N) is 1. The number of methoxy groups -OCH3 is 1. The summed E-state index contributed by atoms with van der Waals surface area (Å²) in [4.78, 5) is 4.39. The maximum atomic E-state index is 5.11. The Labute approximate surface area is 111 Å². The molecule has 0 aliphatic rings. The standard InChI is InChI=1S/C15H26N2O/c1-12(2)7-5-8-13(3)16-11-14-9-6-10-15(17-14)18-4/h6,9-10,12-13,16H,5,7-8,11H2,1-4H3. The molecule has 0 aliphatic carbocycles. The molecule has 18 heavy (non-hydrogen) atoms. The molecule has 1 N–H and O–H groups in total. The van der Waals surface area contributed by atoms with Crippen molar-refractivity contribution in [3.05, 3.63) is 23.9 Å². The maximum Gasteiger partial charge on any atom is 0.213 e. The lowest BCUT2D eigenvalue weighted by molar-refractivity contribution is 0.394. The van der Waals surface area contributed by atoms with Crippen molar-refractivity contribution < 1.29 is 4.74 Å². The van der Waals surface area contributed by atoms with E-state index in [0.29, 0.717) is 11.9 Å². The third kappa shape index (κ3) is 6.01. The number of nitrogens with zero attached hydrogens (tertiary/aromatic N) is 1. The Bertz CT molecular complexity index is 339. The van der Waals surface area contributed by atoms with Gasteiger partial charge in [0.1, 0.15) is 0 Å². The van der Waals surface area contributed by atoms with Crippen molar-refractivity contribution in [2.75, 3.05) is 7.11 Å². The quantitative estimate of drug-likeness (QED) is 0.768. The van der Waals surface area contributed by atoms with Crippen LogP contribution in [0.3, 0.4) is 0 Å². The minimum atomic E-state index is 0.539. The van der Waals surface area contributed by atoms with Gasteiger partial charge < -0.3 is 10.1 Å². The lowest BCUT2D eigenvalue weighted by atomic mass is 10.0. The van der Waals surface area contributed by atoms with Crippen LogP contribution >= 0.6 is 0 Å². The number of hydrogen-bond acceptors (Lipinski definition) is 3. The van der Waals surface area contributed by atoms with E-state index in [4.69, 9.17) is 4.74 Å². The van der Waals surface area contributed by atoms with Crippen LogP contribution in [0.25, 0.3) is 0 Å². The number of aromatic nitrogens is 1. The van der Waals surface area contributed by atoms with Gasteiger partial charge in [-0.1, -0.05) is 32.8 Å². The molecule has 0 aromatic carbocycles. The minimum Gasteiger partial charge on any atom is -0.481 e. The van der Waals surface area contributed by atoms with E-state index in [1.165, 1.54) is 19.3 Å². The van der Waals surface area contributed by atoms with Crippen molar-refractivity contribution in [1.82, 2.24) is 10.3 Å². The first-order valence-corrected chi connectivity index (χ1v) is 6.85. The maximum absolute atomic E-state index is 5.11. The highest BCUT2D eigenvalue weighted by Crippen LogP contribution is 2.09. The number of hydrogen-bond donors (Lipinski definition) is 1. The Kier molecular flexibility index (Phi) is 6.73. The molecule has 0 aliphatic heterocycles. The highest BCUT2D eigenvalue weighted by molar-refractivity contribution is 5.15. The van der Waals surface area contributed by atoms with E-state index in [1.54, 1.807) is 7.11 Å². The van der Waals surface area contributed by atoms with Crippen LogP contribution in [0.15, 0.2) is 18.2 Å². The Hall–Kier alpha value is -1.09. The first kappa shape index (κ1) is 15.0. The average Bonchev–Trinajstić information content (AvgIpc) is 2.36. The SMILES string of the molecule is COc1cccc(CNC(C)CCCC(C)C)n1. The molecule has 3 heteroatoms. The molecule has 0 amide bonds. The first-order chi connectivity index (χ1) is 8.61. The van der Waals surface area contributed by atoms with Gasteiger partial charge in [-0.2, -0.15) is 0 Å². The van der Waals surface area contributed by atoms with Gasteiger partial charge in [0.2, 0.25) is 5.88 Å². The van der Waals surface area contributed by atoms with Gasteiger partial charge in [-0.25, -0.2) is 4.98 Å². The highest BCUT2D eigenvalue weighted by Gasteiger charge is 2.04. The second-order valence-corrected chi connectivity index (χ2v) is 5.28. The summed E-state index contributed by atoms with van der Waals surface area (Å²) in [6, 6.07) is 6.41. The Morgan fingerprint density at radius 1 is 1.22 bits per heavy atom. The summed E-state index contributed by atoms with van der Waals surface area (Å²) in [5.74, 6) is 1.49. The highest BCUT2D eigenvalue weighted by atomic mass is 16.5. The van der Waals surface area contributed by atoms with E-state index in [1.807, 2.05) is 18.2 Å². The molecule has 1 unspecified atom stereocenters. The van der Waals surface area contributed by atoms with E-state index in [2.05, 4.69) is 31.1 Å². The predicted octanol–water partition coefficient (Wildman–Crippen LogP) is 3.39. The topological polar surface area (TPSA) is 34.1 Å². The molecular weight excluding hydrogens is 224 g/mol. The van der Waals surface area contributed by atoms with Crippen molar-refractivity contribution in [3.8, 4) is 5.88 Å². The molecule has 3 nitrogen and oxygen atoms in total. The summed E-state index contributed by atoms with van der Waals surface area (Å²) in [7, 11) is 1.65. The average molecular weight is 250 g/mol. The molecule has 0 spiro atoms. The van der Waals surface area contributed by atoms with Crippen molar-refractivity contribution in [2.45, 2.75) is 52.6 Å². The summed E-state index contributed by atoms with van der Waals surface area (Å²) in [6.07, 6.45) is 3.82. The summed E-state index contributed by atoms with van der Waals surface area (Å²) in [5, 5.41) is 3.51. The predicted molar refractivity (Wildman–Crippen MR) is 75.8 cm³/mol. The minimum absolute atomic E-state index is 0.539.